The van der Waals surface area contributed by atoms with Crippen LogP contribution in [0.15, 0.2) is 66.9 Å². The molecule has 3 aromatic rings. The summed E-state index contributed by atoms with van der Waals surface area (Å²) in [4.78, 5) is 0. The molecule has 1 atom stereocenters. The van der Waals surface area contributed by atoms with Crippen LogP contribution in [0.1, 0.15) is 126 Å². The summed E-state index contributed by atoms with van der Waals surface area (Å²) in [5.41, 5.74) is 4.30. The molecule has 0 bridgehead atoms. The summed E-state index contributed by atoms with van der Waals surface area (Å²) in [6.07, 6.45) is 22.7. The van der Waals surface area contributed by atoms with E-state index in [0.29, 0.717) is 5.92 Å². The van der Waals surface area contributed by atoms with Gasteiger partial charge in [0.1, 0.15) is 11.9 Å². The van der Waals surface area contributed by atoms with Crippen molar-refractivity contribution in [3.63, 3.8) is 0 Å². The summed E-state index contributed by atoms with van der Waals surface area (Å²) in [5.74, 6) is 1.95. The van der Waals surface area contributed by atoms with E-state index >= 15 is 0 Å². The number of hydrogen-bond donors (Lipinski definition) is 0. The highest BCUT2D eigenvalue weighted by Gasteiger charge is 2.23. The minimum Gasteiger partial charge on any atom is -0.236 e. The Morgan fingerprint density at radius 2 is 1.19 bits per heavy atom. The van der Waals surface area contributed by atoms with Crippen LogP contribution in [0, 0.1) is 0 Å². The average Bonchev–Trinajstić information content (AvgIpc) is 3.21. The first-order valence-corrected chi connectivity index (χ1v) is 15.3. The Morgan fingerprint density at radius 3 is 1.76 bits per heavy atom. The molecule has 2 heteroatoms. The number of aromatic nitrogens is 2. The van der Waals surface area contributed by atoms with E-state index in [2.05, 4.69) is 96.9 Å². The molecule has 0 amide bonds. The van der Waals surface area contributed by atoms with Gasteiger partial charge in [-0.3, -0.25) is 0 Å². The molecule has 0 saturated carbocycles. The quantitative estimate of drug-likeness (QED) is 0.114. The Balaban J connectivity index is 1.48. The first-order valence-electron chi connectivity index (χ1n) is 15.3. The van der Waals surface area contributed by atoms with E-state index in [1.165, 1.54) is 106 Å². The van der Waals surface area contributed by atoms with Crippen molar-refractivity contribution in [3.8, 4) is 0 Å². The molecule has 3 rings (SSSR count). The van der Waals surface area contributed by atoms with Crippen molar-refractivity contribution in [2.45, 2.75) is 123 Å². The summed E-state index contributed by atoms with van der Waals surface area (Å²) in [7, 11) is 2.23. The van der Waals surface area contributed by atoms with Crippen molar-refractivity contribution in [1.82, 2.24) is 4.57 Å². The van der Waals surface area contributed by atoms with E-state index in [-0.39, 0.29) is 0 Å². The summed E-state index contributed by atoms with van der Waals surface area (Å²) in [6, 6.07) is 21.9. The first-order chi connectivity index (χ1) is 18.2. The number of nitrogens with zero attached hydrogens (tertiary/aromatic N) is 2. The number of aryl methyl sites for hydroxylation is 1. The topological polar surface area (TPSA) is 8.81 Å². The van der Waals surface area contributed by atoms with Gasteiger partial charge in [-0.1, -0.05) is 145 Å². The molecule has 0 radical (unpaired) electrons. The van der Waals surface area contributed by atoms with Crippen LogP contribution in [0.25, 0.3) is 0 Å². The van der Waals surface area contributed by atoms with Crippen molar-refractivity contribution in [2.24, 2.45) is 7.05 Å². The Morgan fingerprint density at radius 1 is 0.676 bits per heavy atom. The molecule has 0 aliphatic heterocycles. The van der Waals surface area contributed by atoms with E-state index in [4.69, 9.17) is 0 Å². The molecular weight excluding hydrogens is 448 g/mol. The monoisotopic (exact) mass is 501 g/mol. The molecule has 2 aromatic carbocycles. The van der Waals surface area contributed by atoms with Crippen molar-refractivity contribution < 1.29 is 4.57 Å². The number of hydrogen-bond acceptors (Lipinski definition) is 0. The van der Waals surface area contributed by atoms with E-state index in [0.717, 1.165) is 19.4 Å². The van der Waals surface area contributed by atoms with Gasteiger partial charge < -0.3 is 0 Å². The molecular formula is C35H53N2+. The number of rotatable bonds is 19. The number of imidazole rings is 1. The van der Waals surface area contributed by atoms with Crippen LogP contribution in [0.4, 0.5) is 0 Å². The lowest BCUT2D eigenvalue weighted by Crippen LogP contribution is -2.41. The van der Waals surface area contributed by atoms with E-state index < -0.39 is 0 Å². The molecule has 2 nitrogen and oxygen atoms in total. The zero-order valence-electron chi connectivity index (χ0n) is 24.1. The van der Waals surface area contributed by atoms with Crippen LogP contribution < -0.4 is 4.57 Å². The van der Waals surface area contributed by atoms with Crippen molar-refractivity contribution >= 4 is 0 Å². The third kappa shape index (κ3) is 10.5. The highest BCUT2D eigenvalue weighted by Crippen LogP contribution is 2.20. The average molecular weight is 502 g/mol. The van der Waals surface area contributed by atoms with Gasteiger partial charge >= 0.3 is 0 Å². The van der Waals surface area contributed by atoms with Crippen LogP contribution in [0.5, 0.6) is 0 Å². The highest BCUT2D eigenvalue weighted by atomic mass is 15.1. The van der Waals surface area contributed by atoms with E-state index in [1.807, 2.05) is 0 Å². The van der Waals surface area contributed by atoms with Gasteiger partial charge in [0.15, 0.2) is 0 Å². The number of unbranched alkanes of at least 4 members (excludes halogenated alkanes) is 12. The molecule has 0 aliphatic rings. The second-order valence-electron chi connectivity index (χ2n) is 11.2. The van der Waals surface area contributed by atoms with Crippen LogP contribution in [0.3, 0.4) is 0 Å². The largest absolute Gasteiger partial charge is 0.260 e. The molecule has 0 fully saturated rings. The SMILES string of the molecule is CCCCCCCCCCCCCCC[n+]1c(CC(C)c2ccccc2)cn(C)c1Cc1ccccc1. The lowest BCUT2D eigenvalue weighted by atomic mass is 9.96. The van der Waals surface area contributed by atoms with Gasteiger partial charge in [0.25, 0.3) is 5.82 Å². The zero-order valence-corrected chi connectivity index (χ0v) is 24.1. The highest BCUT2D eigenvalue weighted by molar-refractivity contribution is 5.21. The van der Waals surface area contributed by atoms with Crippen LogP contribution in [-0.4, -0.2) is 4.57 Å². The smallest absolute Gasteiger partial charge is 0.236 e. The van der Waals surface area contributed by atoms with Crippen molar-refractivity contribution in [2.75, 3.05) is 0 Å². The van der Waals surface area contributed by atoms with Gasteiger partial charge in [-0.05, 0) is 29.9 Å². The fourth-order valence-corrected chi connectivity index (χ4v) is 5.66. The standard InChI is InChI=1S/C35H53N2/c1-4-5-6-7-8-9-10-11-12-13-14-15-22-27-37-34(28-31(2)33-25-20-17-21-26-33)30-36(3)35(37)29-32-23-18-16-19-24-32/h16-21,23-26,30-31H,4-15,22,27-29H2,1-3H3/q+1. The predicted molar refractivity (Wildman–Crippen MR) is 159 cm³/mol. The number of benzene rings is 2. The van der Waals surface area contributed by atoms with E-state index in [9.17, 15) is 0 Å². The fraction of sp³-hybridized carbons (Fsp3) is 0.571. The Kier molecular flexibility index (Phi) is 13.6. The lowest BCUT2D eigenvalue weighted by Gasteiger charge is -2.12. The molecule has 1 aromatic heterocycles. The Hall–Kier alpha value is -2.35. The normalized spacial score (nSPS) is 12.2. The molecule has 37 heavy (non-hydrogen) atoms. The zero-order chi connectivity index (χ0) is 26.1. The van der Waals surface area contributed by atoms with Crippen molar-refractivity contribution in [3.05, 3.63) is 89.5 Å². The first kappa shape index (κ1) is 29.2. The van der Waals surface area contributed by atoms with Gasteiger partial charge in [0, 0.05) is 6.42 Å². The third-order valence-electron chi connectivity index (χ3n) is 7.98. The maximum absolute atomic E-state index is 2.64. The second kappa shape index (κ2) is 17.2. The second-order valence-corrected chi connectivity index (χ2v) is 11.2. The van der Waals surface area contributed by atoms with Crippen LogP contribution in [-0.2, 0) is 26.4 Å². The molecule has 0 saturated heterocycles. The minimum atomic E-state index is 0.520. The summed E-state index contributed by atoms with van der Waals surface area (Å²) in [6.45, 7) is 5.81. The van der Waals surface area contributed by atoms with Gasteiger partial charge in [0.05, 0.1) is 20.0 Å². The molecule has 0 aliphatic carbocycles. The molecule has 1 unspecified atom stereocenters. The van der Waals surface area contributed by atoms with Gasteiger partial charge in [-0.15, -0.1) is 0 Å². The fourth-order valence-electron chi connectivity index (χ4n) is 5.66. The maximum atomic E-state index is 2.64. The van der Waals surface area contributed by atoms with Crippen molar-refractivity contribution in [1.29, 1.82) is 0 Å². The lowest BCUT2D eigenvalue weighted by molar-refractivity contribution is -0.710. The Labute approximate surface area is 228 Å². The molecule has 0 N–H and O–H groups in total. The summed E-state index contributed by atoms with van der Waals surface area (Å²) in [5, 5.41) is 0. The molecule has 0 spiro atoms. The van der Waals surface area contributed by atoms with Crippen LogP contribution in [0.2, 0.25) is 0 Å². The van der Waals surface area contributed by atoms with Gasteiger partial charge in [-0.25, -0.2) is 9.13 Å². The predicted octanol–water partition coefficient (Wildman–Crippen LogP) is 9.34. The maximum Gasteiger partial charge on any atom is 0.260 e. The minimum absolute atomic E-state index is 0.520. The molecule has 1 heterocycles. The van der Waals surface area contributed by atoms with Crippen LogP contribution >= 0.6 is 0 Å². The summed E-state index contributed by atoms with van der Waals surface area (Å²) < 4.78 is 5.02. The van der Waals surface area contributed by atoms with E-state index in [1.54, 1.807) is 0 Å². The Bertz CT molecular complexity index is 973. The summed E-state index contributed by atoms with van der Waals surface area (Å²) >= 11 is 0. The third-order valence-corrected chi connectivity index (χ3v) is 7.98. The molecule has 202 valence electrons. The van der Waals surface area contributed by atoms with Gasteiger partial charge in [-0.2, -0.15) is 0 Å². The van der Waals surface area contributed by atoms with Gasteiger partial charge in [0.2, 0.25) is 0 Å².